The van der Waals surface area contributed by atoms with Gasteiger partial charge in [-0.2, -0.15) is 0 Å². The van der Waals surface area contributed by atoms with Gasteiger partial charge in [0, 0.05) is 23.8 Å². The Morgan fingerprint density at radius 2 is 1.96 bits per heavy atom. The maximum atomic E-state index is 13.3. The molecule has 2 amide bonds. The minimum absolute atomic E-state index is 0.304. The normalized spacial score (nSPS) is 10.5. The van der Waals surface area contributed by atoms with Crippen LogP contribution in [0.1, 0.15) is 11.1 Å². The van der Waals surface area contributed by atoms with E-state index in [0.717, 1.165) is 16.3 Å². The molecule has 1 aromatic heterocycles. The molecule has 128 valence electrons. The van der Waals surface area contributed by atoms with Crippen molar-refractivity contribution in [2.75, 3.05) is 12.4 Å². The van der Waals surface area contributed by atoms with Crippen LogP contribution in [0.25, 0.3) is 10.8 Å². The summed E-state index contributed by atoms with van der Waals surface area (Å²) in [7, 11) is 1.57. The molecule has 0 aliphatic carbocycles. The predicted molar refractivity (Wildman–Crippen MR) is 95.3 cm³/mol. The summed E-state index contributed by atoms with van der Waals surface area (Å²) in [6, 6.07) is 11.8. The number of methoxy groups -OCH3 is 1. The van der Waals surface area contributed by atoms with Crippen molar-refractivity contribution in [3.8, 4) is 5.88 Å². The van der Waals surface area contributed by atoms with Crippen LogP contribution in [-0.4, -0.2) is 18.1 Å². The lowest BCUT2D eigenvalue weighted by Gasteiger charge is -2.11. The minimum Gasteiger partial charge on any atom is -0.481 e. The van der Waals surface area contributed by atoms with Crippen LogP contribution in [0, 0.1) is 12.7 Å². The monoisotopic (exact) mass is 339 g/mol. The highest BCUT2D eigenvalue weighted by atomic mass is 19.1. The molecular formula is C19H18FN3O2. The van der Waals surface area contributed by atoms with Gasteiger partial charge in [0.05, 0.1) is 7.11 Å². The summed E-state index contributed by atoms with van der Waals surface area (Å²) >= 11 is 0. The van der Waals surface area contributed by atoms with Gasteiger partial charge in [0.1, 0.15) is 5.82 Å². The van der Waals surface area contributed by atoms with Gasteiger partial charge in [0.15, 0.2) is 0 Å². The number of benzene rings is 2. The molecule has 0 radical (unpaired) electrons. The van der Waals surface area contributed by atoms with E-state index < -0.39 is 0 Å². The maximum absolute atomic E-state index is 13.3. The molecule has 2 aromatic carbocycles. The first-order valence-corrected chi connectivity index (χ1v) is 7.80. The molecule has 0 saturated heterocycles. The highest BCUT2D eigenvalue weighted by Gasteiger charge is 2.09. The number of carbonyl (C=O) groups is 1. The van der Waals surface area contributed by atoms with Gasteiger partial charge in [-0.15, -0.1) is 0 Å². The van der Waals surface area contributed by atoms with Crippen molar-refractivity contribution in [2.24, 2.45) is 0 Å². The molecule has 5 nitrogen and oxygen atoms in total. The lowest BCUT2D eigenvalue weighted by atomic mass is 10.1. The van der Waals surface area contributed by atoms with Gasteiger partial charge in [-0.25, -0.2) is 14.2 Å². The molecule has 0 bridgehead atoms. The van der Waals surface area contributed by atoms with Crippen LogP contribution in [0.2, 0.25) is 0 Å². The topological polar surface area (TPSA) is 63.2 Å². The van der Waals surface area contributed by atoms with Crippen LogP contribution in [0.3, 0.4) is 0 Å². The molecular weight excluding hydrogens is 321 g/mol. The van der Waals surface area contributed by atoms with Crippen LogP contribution in [0.4, 0.5) is 14.9 Å². The maximum Gasteiger partial charge on any atom is 0.319 e. The first-order valence-electron chi connectivity index (χ1n) is 7.80. The number of nitrogens with zero attached hydrogens (tertiary/aromatic N) is 1. The summed E-state index contributed by atoms with van der Waals surface area (Å²) in [5, 5.41) is 7.33. The predicted octanol–water partition coefficient (Wildman–Crippen LogP) is 4.01. The van der Waals surface area contributed by atoms with Crippen LogP contribution in [0.5, 0.6) is 5.88 Å². The number of rotatable bonds is 4. The van der Waals surface area contributed by atoms with E-state index in [1.165, 1.54) is 12.1 Å². The summed E-state index contributed by atoms with van der Waals surface area (Å²) in [6.45, 7) is 1.96. The van der Waals surface area contributed by atoms with Crippen molar-refractivity contribution >= 4 is 22.5 Å². The van der Waals surface area contributed by atoms with E-state index in [1.807, 2.05) is 24.3 Å². The van der Waals surface area contributed by atoms with Crippen molar-refractivity contribution in [2.45, 2.75) is 13.5 Å². The molecule has 0 aliphatic heterocycles. The molecule has 2 N–H and O–H groups in total. The Labute approximate surface area is 144 Å². The number of nitrogens with one attached hydrogen (secondary N) is 2. The molecule has 0 saturated carbocycles. The first kappa shape index (κ1) is 16.7. The zero-order chi connectivity index (χ0) is 17.8. The smallest absolute Gasteiger partial charge is 0.319 e. The Balaban J connectivity index is 1.72. The zero-order valence-electron chi connectivity index (χ0n) is 14.0. The number of hydrogen-bond donors (Lipinski definition) is 2. The van der Waals surface area contributed by atoms with E-state index in [9.17, 15) is 9.18 Å². The van der Waals surface area contributed by atoms with Gasteiger partial charge in [0.2, 0.25) is 5.88 Å². The number of anilines is 1. The third-order valence-electron chi connectivity index (χ3n) is 3.89. The van der Waals surface area contributed by atoms with Crippen LogP contribution in [-0.2, 0) is 6.54 Å². The lowest BCUT2D eigenvalue weighted by Crippen LogP contribution is -2.28. The van der Waals surface area contributed by atoms with E-state index in [2.05, 4.69) is 15.6 Å². The van der Waals surface area contributed by atoms with Gasteiger partial charge in [0.25, 0.3) is 0 Å². The standard InChI is InChI=1S/C19H18FN3O2/c1-12-9-14(7-8-17(12)20)23-19(24)22-11-13-10-21-18(25-2)16-6-4-3-5-15(13)16/h3-10H,11H2,1-2H3,(H2,22,23,24). The third-order valence-corrected chi connectivity index (χ3v) is 3.89. The molecule has 1 heterocycles. The molecule has 3 rings (SSSR count). The number of aromatic nitrogens is 1. The zero-order valence-corrected chi connectivity index (χ0v) is 14.0. The Bertz CT molecular complexity index is 928. The number of halogens is 1. The number of hydrogen-bond acceptors (Lipinski definition) is 3. The summed E-state index contributed by atoms with van der Waals surface area (Å²) in [6.07, 6.45) is 1.68. The summed E-state index contributed by atoms with van der Waals surface area (Å²) in [5.74, 6) is 0.243. The molecule has 0 atom stereocenters. The largest absolute Gasteiger partial charge is 0.481 e. The second-order valence-corrected chi connectivity index (χ2v) is 5.61. The Morgan fingerprint density at radius 1 is 1.20 bits per heavy atom. The summed E-state index contributed by atoms with van der Waals surface area (Å²) < 4.78 is 18.5. The van der Waals surface area contributed by atoms with E-state index >= 15 is 0 Å². The summed E-state index contributed by atoms with van der Waals surface area (Å²) in [5.41, 5.74) is 1.89. The molecule has 0 unspecified atom stereocenters. The van der Waals surface area contributed by atoms with Crippen LogP contribution < -0.4 is 15.4 Å². The fraction of sp³-hybridized carbons (Fsp3) is 0.158. The molecule has 0 spiro atoms. The number of amides is 2. The van der Waals surface area contributed by atoms with Gasteiger partial charge in [-0.3, -0.25) is 0 Å². The molecule has 6 heteroatoms. The van der Waals surface area contributed by atoms with Crippen molar-refractivity contribution in [1.82, 2.24) is 10.3 Å². The fourth-order valence-electron chi connectivity index (χ4n) is 2.60. The quantitative estimate of drug-likeness (QED) is 0.755. The Kier molecular flexibility index (Phi) is 4.79. The van der Waals surface area contributed by atoms with E-state index in [0.29, 0.717) is 23.7 Å². The first-order chi connectivity index (χ1) is 12.1. The number of fused-ring (bicyclic) bond motifs is 1. The van der Waals surface area contributed by atoms with Gasteiger partial charge in [-0.1, -0.05) is 18.2 Å². The van der Waals surface area contributed by atoms with Crippen molar-refractivity contribution in [3.05, 3.63) is 65.6 Å². The second kappa shape index (κ2) is 7.17. The number of ether oxygens (including phenoxy) is 1. The number of aryl methyl sites for hydroxylation is 1. The number of pyridine rings is 1. The highest BCUT2D eigenvalue weighted by Crippen LogP contribution is 2.25. The lowest BCUT2D eigenvalue weighted by molar-refractivity contribution is 0.252. The SMILES string of the molecule is COc1ncc(CNC(=O)Nc2ccc(F)c(C)c2)c2ccccc12. The number of urea groups is 1. The van der Waals surface area contributed by atoms with E-state index in [4.69, 9.17) is 4.74 Å². The third kappa shape index (κ3) is 3.68. The van der Waals surface area contributed by atoms with Gasteiger partial charge in [-0.05, 0) is 47.7 Å². The van der Waals surface area contributed by atoms with Crippen LogP contribution >= 0.6 is 0 Å². The Morgan fingerprint density at radius 3 is 2.68 bits per heavy atom. The van der Waals surface area contributed by atoms with Gasteiger partial charge >= 0.3 is 6.03 Å². The molecule has 25 heavy (non-hydrogen) atoms. The Hall–Kier alpha value is -3.15. The van der Waals surface area contributed by atoms with Crippen LogP contribution in [0.15, 0.2) is 48.7 Å². The second-order valence-electron chi connectivity index (χ2n) is 5.61. The van der Waals surface area contributed by atoms with Crippen molar-refractivity contribution in [1.29, 1.82) is 0 Å². The minimum atomic E-state index is -0.370. The molecule has 3 aromatic rings. The highest BCUT2D eigenvalue weighted by molar-refractivity contribution is 5.91. The fourth-order valence-corrected chi connectivity index (χ4v) is 2.60. The average Bonchev–Trinajstić information content (AvgIpc) is 2.62. The number of carbonyl (C=O) groups excluding carboxylic acids is 1. The van der Waals surface area contributed by atoms with Gasteiger partial charge < -0.3 is 15.4 Å². The molecule has 0 aliphatic rings. The molecule has 0 fully saturated rings. The van der Waals surface area contributed by atoms with E-state index in [-0.39, 0.29) is 11.8 Å². The van der Waals surface area contributed by atoms with E-state index in [1.54, 1.807) is 26.3 Å². The average molecular weight is 339 g/mol. The summed E-state index contributed by atoms with van der Waals surface area (Å²) in [4.78, 5) is 16.4. The van der Waals surface area contributed by atoms with Crippen molar-refractivity contribution in [3.63, 3.8) is 0 Å². The van der Waals surface area contributed by atoms with Crippen molar-refractivity contribution < 1.29 is 13.9 Å².